The smallest absolute Gasteiger partial charge is 0.261 e. The van der Waals surface area contributed by atoms with E-state index in [1.165, 1.54) is 0 Å². The van der Waals surface area contributed by atoms with E-state index in [4.69, 9.17) is 19.7 Å². The summed E-state index contributed by atoms with van der Waals surface area (Å²) in [5.74, 6) is 1.54. The van der Waals surface area contributed by atoms with Gasteiger partial charge in [0.05, 0.1) is 30.9 Å². The van der Waals surface area contributed by atoms with Crippen LogP contribution in [0.15, 0.2) is 28.8 Å². The lowest BCUT2D eigenvalue weighted by Crippen LogP contribution is -2.20. The fourth-order valence-electron chi connectivity index (χ4n) is 1.79. The van der Waals surface area contributed by atoms with E-state index in [1.54, 1.807) is 0 Å². The van der Waals surface area contributed by atoms with Crippen molar-refractivity contribution in [3.8, 4) is 17.2 Å². The average molecular weight is 291 g/mol. The van der Waals surface area contributed by atoms with Crippen molar-refractivity contribution in [2.75, 3.05) is 13.2 Å². The van der Waals surface area contributed by atoms with Crippen LogP contribution in [0.5, 0.6) is 5.75 Å². The van der Waals surface area contributed by atoms with Gasteiger partial charge in [0.25, 0.3) is 5.89 Å². The molecule has 1 heterocycles. The van der Waals surface area contributed by atoms with Crippen LogP contribution < -0.4 is 10.5 Å². The van der Waals surface area contributed by atoms with Crippen LogP contribution in [-0.4, -0.2) is 29.5 Å². The molecule has 1 aromatic heterocycles. The highest BCUT2D eigenvalue weighted by atomic mass is 16.5. The lowest BCUT2D eigenvalue weighted by molar-refractivity contribution is 0.0665. The van der Waals surface area contributed by atoms with E-state index in [-0.39, 0.29) is 6.10 Å². The molecule has 0 bridgehead atoms. The molecule has 6 nitrogen and oxygen atoms in total. The number of nitrogens with zero attached hydrogens (tertiary/aromatic N) is 2. The molecule has 114 valence electrons. The lowest BCUT2D eigenvalue weighted by Gasteiger charge is -2.10. The maximum atomic E-state index is 5.99. The van der Waals surface area contributed by atoms with Crippen LogP contribution in [0.1, 0.15) is 32.6 Å². The second-order valence-corrected chi connectivity index (χ2v) is 4.88. The summed E-state index contributed by atoms with van der Waals surface area (Å²) in [6, 6.07) is 7.12. The van der Waals surface area contributed by atoms with Gasteiger partial charge in [-0.15, -0.1) is 0 Å². The monoisotopic (exact) mass is 291 g/mol. The predicted octanol–water partition coefficient (Wildman–Crippen LogP) is 2.56. The van der Waals surface area contributed by atoms with Crippen molar-refractivity contribution in [2.45, 2.75) is 32.9 Å². The van der Waals surface area contributed by atoms with E-state index >= 15 is 0 Å². The molecule has 2 aromatic rings. The summed E-state index contributed by atoms with van der Waals surface area (Å²) in [5, 5.41) is 3.93. The zero-order valence-electron chi connectivity index (χ0n) is 12.6. The van der Waals surface area contributed by atoms with E-state index in [2.05, 4.69) is 10.1 Å². The van der Waals surface area contributed by atoms with Gasteiger partial charge < -0.3 is 19.7 Å². The first-order chi connectivity index (χ1) is 10.1. The van der Waals surface area contributed by atoms with Crippen molar-refractivity contribution < 1.29 is 14.0 Å². The molecule has 0 aliphatic heterocycles. The molecule has 1 unspecified atom stereocenters. The van der Waals surface area contributed by atoms with E-state index in [0.717, 1.165) is 5.56 Å². The Morgan fingerprint density at radius 3 is 2.76 bits per heavy atom. The van der Waals surface area contributed by atoms with Crippen molar-refractivity contribution in [1.29, 1.82) is 0 Å². The first-order valence-electron chi connectivity index (χ1n) is 7.04. The molecule has 2 rings (SSSR count). The van der Waals surface area contributed by atoms with Crippen LogP contribution in [0.4, 0.5) is 0 Å². The number of aromatic nitrogens is 2. The van der Waals surface area contributed by atoms with Crippen LogP contribution in [0.2, 0.25) is 0 Å². The Balaban J connectivity index is 2.16. The minimum Gasteiger partial charge on any atom is -0.493 e. The largest absolute Gasteiger partial charge is 0.493 e. The topological polar surface area (TPSA) is 83.4 Å². The van der Waals surface area contributed by atoms with Gasteiger partial charge in [-0.2, -0.15) is 4.98 Å². The van der Waals surface area contributed by atoms with Crippen LogP contribution in [0.25, 0.3) is 11.5 Å². The zero-order chi connectivity index (χ0) is 15.2. The van der Waals surface area contributed by atoms with Gasteiger partial charge >= 0.3 is 0 Å². The number of para-hydroxylation sites is 1. The number of benzene rings is 1. The summed E-state index contributed by atoms with van der Waals surface area (Å²) in [7, 11) is 0. The normalized spacial score (nSPS) is 12.6. The summed E-state index contributed by atoms with van der Waals surface area (Å²) < 4.78 is 16.3. The maximum absolute atomic E-state index is 5.99. The Hall–Kier alpha value is -1.92. The van der Waals surface area contributed by atoms with Crippen molar-refractivity contribution in [1.82, 2.24) is 10.1 Å². The molecule has 1 aromatic carbocycles. The summed E-state index contributed by atoms with van der Waals surface area (Å²) in [6.07, 6.45) is 0.112. The SMILES string of the molecule is CCOc1ccccc1-c1nc(C(N)COC(C)C)no1. The predicted molar refractivity (Wildman–Crippen MR) is 78.9 cm³/mol. The summed E-state index contributed by atoms with van der Waals surface area (Å²) in [4.78, 5) is 4.34. The molecule has 0 radical (unpaired) electrons. The Morgan fingerprint density at radius 1 is 1.29 bits per heavy atom. The molecule has 0 amide bonds. The third-order valence-corrected chi connectivity index (χ3v) is 2.80. The van der Waals surface area contributed by atoms with Crippen LogP contribution in [0.3, 0.4) is 0 Å². The quantitative estimate of drug-likeness (QED) is 0.844. The fraction of sp³-hybridized carbons (Fsp3) is 0.467. The van der Waals surface area contributed by atoms with Gasteiger partial charge in [0.1, 0.15) is 5.75 Å². The highest BCUT2D eigenvalue weighted by molar-refractivity contribution is 5.62. The van der Waals surface area contributed by atoms with Gasteiger partial charge in [-0.3, -0.25) is 0 Å². The molecular weight excluding hydrogens is 270 g/mol. The molecule has 0 fully saturated rings. The van der Waals surface area contributed by atoms with Crippen LogP contribution in [0, 0.1) is 0 Å². The molecule has 2 N–H and O–H groups in total. The number of hydrogen-bond acceptors (Lipinski definition) is 6. The molecule has 0 aliphatic rings. The molecule has 1 atom stereocenters. The van der Waals surface area contributed by atoms with E-state index in [9.17, 15) is 0 Å². The third-order valence-electron chi connectivity index (χ3n) is 2.80. The van der Waals surface area contributed by atoms with Crippen molar-refractivity contribution in [3.63, 3.8) is 0 Å². The zero-order valence-corrected chi connectivity index (χ0v) is 12.6. The highest BCUT2D eigenvalue weighted by Crippen LogP contribution is 2.28. The molecule has 0 saturated heterocycles. The van der Waals surface area contributed by atoms with Gasteiger partial charge in [0, 0.05) is 0 Å². The summed E-state index contributed by atoms with van der Waals surface area (Å²) in [6.45, 7) is 6.75. The second-order valence-electron chi connectivity index (χ2n) is 4.88. The Labute approximate surface area is 124 Å². The van der Waals surface area contributed by atoms with Gasteiger partial charge in [-0.1, -0.05) is 17.3 Å². The number of hydrogen-bond donors (Lipinski definition) is 1. The van der Waals surface area contributed by atoms with Gasteiger partial charge in [-0.25, -0.2) is 0 Å². The Kier molecular flexibility index (Phi) is 5.30. The van der Waals surface area contributed by atoms with Gasteiger partial charge in [0.15, 0.2) is 5.82 Å². The highest BCUT2D eigenvalue weighted by Gasteiger charge is 2.18. The van der Waals surface area contributed by atoms with Gasteiger partial charge in [-0.05, 0) is 32.9 Å². The number of rotatable bonds is 7. The van der Waals surface area contributed by atoms with Crippen molar-refractivity contribution >= 4 is 0 Å². The van der Waals surface area contributed by atoms with E-state index in [0.29, 0.717) is 30.7 Å². The molecular formula is C15H21N3O3. The van der Waals surface area contributed by atoms with E-state index < -0.39 is 6.04 Å². The molecule has 6 heteroatoms. The third kappa shape index (κ3) is 4.03. The Morgan fingerprint density at radius 2 is 2.05 bits per heavy atom. The van der Waals surface area contributed by atoms with Crippen molar-refractivity contribution in [2.24, 2.45) is 5.73 Å². The van der Waals surface area contributed by atoms with Crippen molar-refractivity contribution in [3.05, 3.63) is 30.1 Å². The Bertz CT molecular complexity index is 569. The fourth-order valence-corrected chi connectivity index (χ4v) is 1.79. The lowest BCUT2D eigenvalue weighted by atomic mass is 10.2. The first kappa shape index (κ1) is 15.5. The summed E-state index contributed by atoms with van der Waals surface area (Å²) >= 11 is 0. The molecule has 21 heavy (non-hydrogen) atoms. The summed E-state index contributed by atoms with van der Waals surface area (Å²) in [5.41, 5.74) is 6.75. The first-order valence-corrected chi connectivity index (χ1v) is 7.04. The molecule has 0 saturated carbocycles. The molecule has 0 spiro atoms. The van der Waals surface area contributed by atoms with Gasteiger partial charge in [0.2, 0.25) is 0 Å². The second kappa shape index (κ2) is 7.19. The van der Waals surface area contributed by atoms with E-state index in [1.807, 2.05) is 45.0 Å². The average Bonchev–Trinajstić information content (AvgIpc) is 2.95. The van der Waals surface area contributed by atoms with Crippen LogP contribution >= 0.6 is 0 Å². The minimum atomic E-state index is -0.413. The maximum Gasteiger partial charge on any atom is 0.261 e. The number of nitrogens with two attached hydrogens (primary N) is 1. The van der Waals surface area contributed by atoms with Crippen LogP contribution in [-0.2, 0) is 4.74 Å². The number of ether oxygens (including phenoxy) is 2. The minimum absolute atomic E-state index is 0.112. The molecule has 0 aliphatic carbocycles. The standard InChI is InChI=1S/C15H21N3O3/c1-4-19-13-8-6-5-7-11(13)15-17-14(18-21-15)12(16)9-20-10(2)3/h5-8,10,12H,4,9,16H2,1-3H3.